The summed E-state index contributed by atoms with van der Waals surface area (Å²) in [5.74, 6) is -2.48. The van der Waals surface area contributed by atoms with Crippen molar-refractivity contribution < 1.29 is 19.4 Å². The molecule has 1 aliphatic rings. The first-order valence-electron chi connectivity index (χ1n) is 5.81. The third kappa shape index (κ3) is 3.43. The molecule has 1 fully saturated rings. The second-order valence-corrected chi connectivity index (χ2v) is 5.67. The summed E-state index contributed by atoms with van der Waals surface area (Å²) in [6.07, 6.45) is 1.72. The van der Waals surface area contributed by atoms with Crippen LogP contribution < -0.4 is 5.32 Å². The van der Waals surface area contributed by atoms with E-state index in [1.54, 1.807) is 27.9 Å². The highest BCUT2D eigenvalue weighted by Crippen LogP contribution is 2.28. The number of methoxy groups -OCH3 is 1. The van der Waals surface area contributed by atoms with Gasteiger partial charge in [-0.2, -0.15) is 0 Å². The van der Waals surface area contributed by atoms with E-state index in [4.69, 9.17) is 9.84 Å². The third-order valence-electron chi connectivity index (χ3n) is 3.15. The Morgan fingerprint density at radius 2 is 1.88 bits per heavy atom. The molecule has 0 radical (unpaired) electrons. The van der Waals surface area contributed by atoms with Crippen LogP contribution in [-0.2, 0) is 14.3 Å². The summed E-state index contributed by atoms with van der Waals surface area (Å²) in [4.78, 5) is 23.0. The molecular weight excluding hydrogens is 222 g/mol. The van der Waals surface area contributed by atoms with Crippen molar-refractivity contribution in [2.45, 2.75) is 45.8 Å². The quantitative estimate of drug-likeness (QED) is 0.723. The average molecular weight is 243 g/mol. The monoisotopic (exact) mass is 243 g/mol. The van der Waals surface area contributed by atoms with Crippen molar-refractivity contribution >= 4 is 11.9 Å². The van der Waals surface area contributed by atoms with Gasteiger partial charge in [0.15, 0.2) is 0 Å². The predicted molar refractivity (Wildman–Crippen MR) is 62.5 cm³/mol. The highest BCUT2D eigenvalue weighted by atomic mass is 16.5. The standard InChI is InChI=1S/C12H21NO4/c1-12(2,3)9(11(15)16)10(14)13-7-5-8(6-7)17-4/h7-9H,5-6H2,1-4H3,(H,13,14)(H,15,16). The summed E-state index contributed by atoms with van der Waals surface area (Å²) in [6, 6.07) is 0.0525. The number of carbonyl (C=O) groups excluding carboxylic acids is 1. The van der Waals surface area contributed by atoms with Gasteiger partial charge in [-0.25, -0.2) is 0 Å². The lowest BCUT2D eigenvalue weighted by atomic mass is 9.79. The second-order valence-electron chi connectivity index (χ2n) is 5.67. The smallest absolute Gasteiger partial charge is 0.316 e. The molecule has 1 atom stereocenters. The molecule has 0 aromatic heterocycles. The van der Waals surface area contributed by atoms with Gasteiger partial charge in [-0.05, 0) is 18.3 Å². The van der Waals surface area contributed by atoms with Gasteiger partial charge in [0.25, 0.3) is 0 Å². The number of amides is 1. The molecule has 2 N–H and O–H groups in total. The Morgan fingerprint density at radius 3 is 2.24 bits per heavy atom. The maximum absolute atomic E-state index is 11.9. The van der Waals surface area contributed by atoms with Crippen molar-refractivity contribution in [1.29, 1.82) is 0 Å². The largest absolute Gasteiger partial charge is 0.481 e. The van der Waals surface area contributed by atoms with Crippen molar-refractivity contribution in [3.05, 3.63) is 0 Å². The Kier molecular flexibility index (Phi) is 4.14. The van der Waals surface area contributed by atoms with Crippen molar-refractivity contribution in [1.82, 2.24) is 5.32 Å². The lowest BCUT2D eigenvalue weighted by Gasteiger charge is -2.36. The van der Waals surface area contributed by atoms with Gasteiger partial charge in [-0.15, -0.1) is 0 Å². The molecule has 1 aliphatic carbocycles. The molecule has 5 heteroatoms. The van der Waals surface area contributed by atoms with Crippen LogP contribution in [0.2, 0.25) is 0 Å². The van der Waals surface area contributed by atoms with Gasteiger partial charge >= 0.3 is 5.97 Å². The van der Waals surface area contributed by atoms with Gasteiger partial charge in [0.1, 0.15) is 5.92 Å². The summed E-state index contributed by atoms with van der Waals surface area (Å²) in [5.41, 5.74) is -0.583. The average Bonchev–Trinajstić information content (AvgIpc) is 2.06. The van der Waals surface area contributed by atoms with Crippen molar-refractivity contribution in [2.75, 3.05) is 7.11 Å². The van der Waals surface area contributed by atoms with Gasteiger partial charge in [-0.1, -0.05) is 20.8 Å². The van der Waals surface area contributed by atoms with Crippen LogP contribution >= 0.6 is 0 Å². The van der Waals surface area contributed by atoms with E-state index in [-0.39, 0.29) is 12.1 Å². The molecule has 0 bridgehead atoms. The van der Waals surface area contributed by atoms with Crippen LogP contribution in [-0.4, -0.2) is 36.2 Å². The number of carbonyl (C=O) groups is 2. The lowest BCUT2D eigenvalue weighted by Crippen LogP contribution is -2.52. The molecule has 0 aromatic carbocycles. The number of aliphatic carboxylic acids is 1. The Balaban J connectivity index is 2.53. The number of carboxylic acids is 1. The van der Waals surface area contributed by atoms with Gasteiger partial charge < -0.3 is 15.2 Å². The van der Waals surface area contributed by atoms with Gasteiger partial charge in [0.2, 0.25) is 5.91 Å². The molecular formula is C12H21NO4. The van der Waals surface area contributed by atoms with Gasteiger partial charge in [0.05, 0.1) is 6.10 Å². The molecule has 98 valence electrons. The van der Waals surface area contributed by atoms with E-state index in [0.29, 0.717) is 0 Å². The molecule has 0 heterocycles. The summed E-state index contributed by atoms with van der Waals surface area (Å²) >= 11 is 0. The number of ether oxygens (including phenoxy) is 1. The molecule has 0 spiro atoms. The first-order chi connectivity index (χ1) is 7.75. The maximum Gasteiger partial charge on any atom is 0.316 e. The Labute approximate surface area is 102 Å². The van der Waals surface area contributed by atoms with Gasteiger partial charge in [0, 0.05) is 13.2 Å². The lowest BCUT2D eigenvalue weighted by molar-refractivity contribution is -0.152. The number of carboxylic acid groups (broad SMARTS) is 1. The van der Waals surface area contributed by atoms with E-state index >= 15 is 0 Å². The Morgan fingerprint density at radius 1 is 1.35 bits per heavy atom. The summed E-state index contributed by atoms with van der Waals surface area (Å²) in [6.45, 7) is 5.26. The molecule has 1 rings (SSSR count). The highest BCUT2D eigenvalue weighted by Gasteiger charge is 2.40. The SMILES string of the molecule is COC1CC(NC(=O)C(C(=O)O)C(C)(C)C)C1. The topological polar surface area (TPSA) is 75.6 Å². The normalized spacial score (nSPS) is 25.9. The van der Waals surface area contributed by atoms with E-state index in [2.05, 4.69) is 5.32 Å². The first-order valence-corrected chi connectivity index (χ1v) is 5.81. The van der Waals surface area contributed by atoms with Crippen LogP contribution in [0.3, 0.4) is 0 Å². The summed E-state index contributed by atoms with van der Waals surface area (Å²) in [5, 5.41) is 11.9. The summed E-state index contributed by atoms with van der Waals surface area (Å²) < 4.78 is 5.11. The van der Waals surface area contributed by atoms with Crippen LogP contribution in [0.25, 0.3) is 0 Å². The minimum atomic E-state index is -1.07. The first kappa shape index (κ1) is 14.0. The predicted octanol–water partition coefficient (Wildman–Crippen LogP) is 1.03. The fourth-order valence-corrected chi connectivity index (χ4v) is 2.04. The highest BCUT2D eigenvalue weighted by molar-refractivity contribution is 5.97. The second kappa shape index (κ2) is 5.04. The molecule has 1 amide bonds. The minimum absolute atomic E-state index is 0.0525. The number of rotatable bonds is 4. The Bertz CT molecular complexity index is 302. The van der Waals surface area contributed by atoms with E-state index in [0.717, 1.165) is 12.8 Å². The molecule has 1 saturated carbocycles. The van der Waals surface area contributed by atoms with Gasteiger partial charge in [-0.3, -0.25) is 9.59 Å². The maximum atomic E-state index is 11.9. The van der Waals surface area contributed by atoms with E-state index in [9.17, 15) is 9.59 Å². The molecule has 0 saturated heterocycles. The fourth-order valence-electron chi connectivity index (χ4n) is 2.04. The zero-order chi connectivity index (χ0) is 13.2. The zero-order valence-electron chi connectivity index (χ0n) is 10.8. The number of hydrogen-bond acceptors (Lipinski definition) is 3. The molecule has 0 aliphatic heterocycles. The fraction of sp³-hybridized carbons (Fsp3) is 0.833. The summed E-state index contributed by atoms with van der Waals surface area (Å²) in [7, 11) is 1.64. The minimum Gasteiger partial charge on any atom is -0.481 e. The Hall–Kier alpha value is -1.10. The molecule has 17 heavy (non-hydrogen) atoms. The van der Waals surface area contributed by atoms with E-state index in [1.807, 2.05) is 0 Å². The van der Waals surface area contributed by atoms with Crippen LogP contribution in [0.4, 0.5) is 0 Å². The van der Waals surface area contributed by atoms with Crippen molar-refractivity contribution in [3.8, 4) is 0 Å². The molecule has 5 nitrogen and oxygen atoms in total. The molecule has 1 unspecified atom stereocenters. The number of nitrogens with one attached hydrogen (secondary N) is 1. The third-order valence-corrected chi connectivity index (χ3v) is 3.15. The van der Waals surface area contributed by atoms with E-state index in [1.165, 1.54) is 0 Å². The van der Waals surface area contributed by atoms with Crippen LogP contribution in [0.1, 0.15) is 33.6 Å². The molecule has 0 aromatic rings. The van der Waals surface area contributed by atoms with Crippen LogP contribution in [0.15, 0.2) is 0 Å². The zero-order valence-corrected chi connectivity index (χ0v) is 10.8. The van der Waals surface area contributed by atoms with Crippen molar-refractivity contribution in [2.24, 2.45) is 11.3 Å². The van der Waals surface area contributed by atoms with Crippen molar-refractivity contribution in [3.63, 3.8) is 0 Å². The van der Waals surface area contributed by atoms with Crippen LogP contribution in [0, 0.1) is 11.3 Å². The van der Waals surface area contributed by atoms with Crippen LogP contribution in [0.5, 0.6) is 0 Å². The van der Waals surface area contributed by atoms with E-state index < -0.39 is 23.2 Å². The number of hydrogen-bond donors (Lipinski definition) is 2.